The predicted molar refractivity (Wildman–Crippen MR) is 71.1 cm³/mol. The van der Waals surface area contributed by atoms with Gasteiger partial charge in [-0.3, -0.25) is 9.59 Å². The summed E-state index contributed by atoms with van der Waals surface area (Å²) < 4.78 is 27.8. The second-order valence-corrected chi connectivity index (χ2v) is 6.86. The molecule has 19 heavy (non-hydrogen) atoms. The van der Waals surface area contributed by atoms with Gasteiger partial charge in [-0.15, -0.1) is 0 Å². The van der Waals surface area contributed by atoms with Crippen molar-refractivity contribution in [2.24, 2.45) is 11.7 Å². The fourth-order valence-electron chi connectivity index (χ4n) is 1.49. The number of nitrogens with zero attached hydrogens (tertiary/aromatic N) is 1. The van der Waals surface area contributed by atoms with Crippen molar-refractivity contribution < 1.29 is 22.7 Å². The van der Waals surface area contributed by atoms with Crippen LogP contribution in [-0.4, -0.2) is 63.9 Å². The van der Waals surface area contributed by atoms with Crippen molar-refractivity contribution in [1.29, 1.82) is 0 Å². The maximum absolute atomic E-state index is 11.6. The van der Waals surface area contributed by atoms with Crippen molar-refractivity contribution in [2.45, 2.75) is 13.3 Å². The molecule has 0 aromatic rings. The van der Waals surface area contributed by atoms with E-state index >= 15 is 0 Å². The molecule has 112 valence electrons. The molecule has 8 heteroatoms. The van der Waals surface area contributed by atoms with Crippen LogP contribution in [0.25, 0.3) is 0 Å². The minimum atomic E-state index is -3.29. The number of carbonyl (C=O) groups excluding carboxylic acids is 2. The molecule has 0 radical (unpaired) electrons. The quantitative estimate of drug-likeness (QED) is 0.548. The number of hydrogen-bond acceptors (Lipinski definition) is 6. The number of esters is 1. The van der Waals surface area contributed by atoms with Gasteiger partial charge >= 0.3 is 5.97 Å². The normalized spacial score (nSPS) is 13.3. The highest BCUT2D eigenvalue weighted by Gasteiger charge is 2.18. The van der Waals surface area contributed by atoms with E-state index < -0.39 is 15.7 Å². The molecule has 0 aromatic carbocycles. The summed E-state index contributed by atoms with van der Waals surface area (Å²) in [6.07, 6.45) is -0.162. The molecule has 7 nitrogen and oxygen atoms in total. The van der Waals surface area contributed by atoms with E-state index in [9.17, 15) is 18.0 Å². The van der Waals surface area contributed by atoms with Crippen LogP contribution in [0.2, 0.25) is 0 Å². The molecule has 0 bridgehead atoms. The highest BCUT2D eigenvalue weighted by atomic mass is 32.2. The summed E-state index contributed by atoms with van der Waals surface area (Å²) in [6, 6.07) is 0. The zero-order valence-electron chi connectivity index (χ0n) is 11.6. The highest BCUT2D eigenvalue weighted by Crippen LogP contribution is 2.02. The first-order valence-electron chi connectivity index (χ1n) is 5.93. The third kappa shape index (κ3) is 8.55. The predicted octanol–water partition coefficient (Wildman–Crippen LogP) is -0.982. The molecule has 0 aliphatic rings. The number of hydrogen-bond donors (Lipinski definition) is 1. The van der Waals surface area contributed by atoms with E-state index in [1.807, 2.05) is 0 Å². The van der Waals surface area contributed by atoms with Crippen LogP contribution >= 0.6 is 0 Å². The van der Waals surface area contributed by atoms with E-state index in [1.165, 1.54) is 7.11 Å². The molecule has 1 atom stereocenters. The van der Waals surface area contributed by atoms with E-state index in [0.717, 1.165) is 0 Å². The number of amides is 1. The Labute approximate surface area is 114 Å². The smallest absolute Gasteiger partial charge is 0.309 e. The molecule has 0 spiro atoms. The van der Waals surface area contributed by atoms with Gasteiger partial charge in [-0.05, 0) is 7.05 Å². The molecule has 0 aromatic heterocycles. The summed E-state index contributed by atoms with van der Waals surface area (Å²) in [5, 5.41) is 0. The van der Waals surface area contributed by atoms with E-state index in [-0.39, 0.29) is 29.8 Å². The van der Waals surface area contributed by atoms with Gasteiger partial charge in [-0.1, -0.05) is 6.92 Å². The third-order valence-corrected chi connectivity index (χ3v) is 4.26. The fourth-order valence-corrected chi connectivity index (χ4v) is 2.79. The van der Waals surface area contributed by atoms with Crippen molar-refractivity contribution in [3.63, 3.8) is 0 Å². The number of rotatable bonds is 9. The number of ether oxygens (including phenoxy) is 1. The van der Waals surface area contributed by atoms with Crippen LogP contribution in [-0.2, 0) is 24.2 Å². The van der Waals surface area contributed by atoms with Crippen molar-refractivity contribution in [3.8, 4) is 0 Å². The molecule has 0 aliphatic heterocycles. The zero-order valence-corrected chi connectivity index (χ0v) is 12.4. The summed E-state index contributed by atoms with van der Waals surface area (Å²) in [7, 11) is -0.254. The average Bonchev–Trinajstić information content (AvgIpc) is 2.33. The Hall–Kier alpha value is -1.15. The number of carbonyl (C=O) groups is 2. The fraction of sp³-hybridized carbons (Fsp3) is 0.818. The lowest BCUT2D eigenvalue weighted by atomic mass is 10.2. The highest BCUT2D eigenvalue weighted by molar-refractivity contribution is 7.91. The lowest BCUT2D eigenvalue weighted by molar-refractivity contribution is -0.145. The summed E-state index contributed by atoms with van der Waals surface area (Å²) in [4.78, 5) is 23.5. The van der Waals surface area contributed by atoms with Crippen LogP contribution < -0.4 is 5.73 Å². The summed E-state index contributed by atoms with van der Waals surface area (Å²) in [5.41, 5.74) is 4.90. The maximum Gasteiger partial charge on any atom is 0.309 e. The Morgan fingerprint density at radius 2 is 1.89 bits per heavy atom. The number of methoxy groups -OCH3 is 1. The molecule has 0 heterocycles. The average molecular weight is 294 g/mol. The van der Waals surface area contributed by atoms with Gasteiger partial charge in [0.05, 0.1) is 24.5 Å². The van der Waals surface area contributed by atoms with Crippen LogP contribution in [0.3, 0.4) is 0 Å². The number of primary amides is 1. The molecule has 0 saturated carbocycles. The summed E-state index contributed by atoms with van der Waals surface area (Å²) in [5.74, 6) is -1.57. The van der Waals surface area contributed by atoms with Crippen molar-refractivity contribution in [3.05, 3.63) is 0 Å². The third-order valence-electron chi connectivity index (χ3n) is 2.63. The van der Waals surface area contributed by atoms with Gasteiger partial charge in [0, 0.05) is 19.5 Å². The molecular weight excluding hydrogens is 272 g/mol. The summed E-state index contributed by atoms with van der Waals surface area (Å²) in [6.45, 7) is 2.42. The molecule has 0 saturated heterocycles. The minimum absolute atomic E-state index is 0.0648. The first-order chi connectivity index (χ1) is 8.68. The van der Waals surface area contributed by atoms with Gasteiger partial charge < -0.3 is 15.4 Å². The van der Waals surface area contributed by atoms with Crippen LogP contribution in [0, 0.1) is 5.92 Å². The van der Waals surface area contributed by atoms with E-state index in [2.05, 4.69) is 4.74 Å². The van der Waals surface area contributed by atoms with Crippen LogP contribution in [0.1, 0.15) is 13.3 Å². The topological polar surface area (TPSA) is 107 Å². The van der Waals surface area contributed by atoms with Crippen LogP contribution in [0.15, 0.2) is 0 Å². The minimum Gasteiger partial charge on any atom is -0.469 e. The molecule has 0 fully saturated rings. The maximum atomic E-state index is 11.6. The van der Waals surface area contributed by atoms with Gasteiger partial charge in [-0.2, -0.15) is 0 Å². The second-order valence-electron chi connectivity index (χ2n) is 4.55. The van der Waals surface area contributed by atoms with E-state index in [1.54, 1.807) is 18.9 Å². The molecule has 0 aliphatic carbocycles. The van der Waals surface area contributed by atoms with Crippen molar-refractivity contribution >= 4 is 21.7 Å². The first-order valence-corrected chi connectivity index (χ1v) is 7.75. The van der Waals surface area contributed by atoms with Gasteiger partial charge in [0.2, 0.25) is 5.91 Å². The van der Waals surface area contributed by atoms with Gasteiger partial charge in [-0.25, -0.2) is 8.42 Å². The van der Waals surface area contributed by atoms with Gasteiger partial charge in [0.25, 0.3) is 0 Å². The Morgan fingerprint density at radius 3 is 2.37 bits per heavy atom. The standard InChI is InChI=1S/C11H22N2O5S/c1-9(11(15)18-3)8-13(2)5-7-19(16,17)6-4-10(12)14/h9H,4-8H2,1-3H3,(H2,12,14). The first kappa shape index (κ1) is 17.8. The van der Waals surface area contributed by atoms with Gasteiger partial charge in [0.15, 0.2) is 9.84 Å². The van der Waals surface area contributed by atoms with Crippen LogP contribution in [0.5, 0.6) is 0 Å². The van der Waals surface area contributed by atoms with Crippen molar-refractivity contribution in [2.75, 3.05) is 38.8 Å². The van der Waals surface area contributed by atoms with Gasteiger partial charge in [0.1, 0.15) is 0 Å². The van der Waals surface area contributed by atoms with E-state index in [0.29, 0.717) is 13.1 Å². The lowest BCUT2D eigenvalue weighted by Gasteiger charge is -2.19. The zero-order chi connectivity index (χ0) is 15.1. The Kier molecular flexibility index (Phi) is 7.62. The Bertz CT molecular complexity index is 407. The molecule has 1 unspecified atom stereocenters. The second kappa shape index (κ2) is 8.11. The SMILES string of the molecule is COC(=O)C(C)CN(C)CCS(=O)(=O)CCC(N)=O. The number of sulfone groups is 1. The molecule has 1 amide bonds. The molecule has 2 N–H and O–H groups in total. The molecule has 0 rings (SSSR count). The summed E-state index contributed by atoms with van der Waals surface area (Å²) >= 11 is 0. The molecular formula is C11H22N2O5S. The van der Waals surface area contributed by atoms with E-state index in [4.69, 9.17) is 5.73 Å². The van der Waals surface area contributed by atoms with Crippen molar-refractivity contribution in [1.82, 2.24) is 4.90 Å². The largest absolute Gasteiger partial charge is 0.469 e. The lowest BCUT2D eigenvalue weighted by Crippen LogP contribution is -2.33. The number of nitrogens with two attached hydrogens (primary N) is 1. The Morgan fingerprint density at radius 1 is 1.32 bits per heavy atom. The Balaban J connectivity index is 4.11. The monoisotopic (exact) mass is 294 g/mol. The van der Waals surface area contributed by atoms with Crippen LogP contribution in [0.4, 0.5) is 0 Å².